The van der Waals surface area contributed by atoms with Crippen LogP contribution in [0.4, 0.5) is 0 Å². The number of nitrogens with zero attached hydrogens (tertiary/aromatic N) is 3. The summed E-state index contributed by atoms with van der Waals surface area (Å²) in [7, 11) is 0. The van der Waals surface area contributed by atoms with Gasteiger partial charge < -0.3 is 15.1 Å². The van der Waals surface area contributed by atoms with Gasteiger partial charge in [0, 0.05) is 36.8 Å². The van der Waals surface area contributed by atoms with E-state index in [1.54, 1.807) is 11.1 Å². The normalized spacial score (nSPS) is 19.8. The van der Waals surface area contributed by atoms with E-state index in [9.17, 15) is 15.0 Å². The zero-order valence-electron chi connectivity index (χ0n) is 14.1. The van der Waals surface area contributed by atoms with E-state index in [0.29, 0.717) is 13.0 Å². The highest BCUT2D eigenvalue weighted by atomic mass is 16.3. The number of β-amino-alcohol motifs (C(OH)–C–C–N with tert-alkyl or cyclic N) is 1. The Morgan fingerprint density at radius 1 is 1.15 bits per heavy atom. The lowest BCUT2D eigenvalue weighted by Gasteiger charge is -2.17. The second kappa shape index (κ2) is 6.72. The number of aromatic hydroxyl groups is 1. The van der Waals surface area contributed by atoms with Crippen molar-refractivity contribution in [2.75, 3.05) is 13.1 Å². The summed E-state index contributed by atoms with van der Waals surface area (Å²) in [6.07, 6.45) is 4.56. The molecule has 0 unspecified atom stereocenters. The third-order valence-electron chi connectivity index (χ3n) is 4.95. The number of aliphatic hydroxyl groups excluding tert-OH is 1. The number of likely N-dealkylation sites (tertiary alicyclic amines) is 1. The van der Waals surface area contributed by atoms with Crippen molar-refractivity contribution >= 4 is 16.8 Å². The molecule has 1 saturated heterocycles. The molecular weight excluding hydrogens is 330 g/mol. The number of benzene rings is 1. The van der Waals surface area contributed by atoms with Crippen LogP contribution in [0.15, 0.2) is 55.0 Å². The highest BCUT2D eigenvalue weighted by Gasteiger charge is 2.35. The quantitative estimate of drug-likeness (QED) is 0.755. The summed E-state index contributed by atoms with van der Waals surface area (Å²) in [5.41, 5.74) is 2.25. The molecule has 1 aliphatic rings. The lowest BCUT2D eigenvalue weighted by Crippen LogP contribution is -2.29. The van der Waals surface area contributed by atoms with Gasteiger partial charge in [-0.1, -0.05) is 18.2 Å². The van der Waals surface area contributed by atoms with Gasteiger partial charge in [-0.25, -0.2) is 0 Å². The van der Waals surface area contributed by atoms with Gasteiger partial charge in [0.2, 0.25) is 0 Å². The van der Waals surface area contributed by atoms with Crippen molar-refractivity contribution in [1.82, 2.24) is 14.9 Å². The fraction of sp³-hybridized carbons (Fsp3) is 0.250. The minimum atomic E-state index is -0.602. The van der Waals surface area contributed by atoms with Crippen LogP contribution in [-0.2, 0) is 6.42 Å². The largest absolute Gasteiger partial charge is 0.505 e. The Bertz CT molecular complexity index is 954. The monoisotopic (exact) mass is 349 g/mol. The molecule has 6 heteroatoms. The first kappa shape index (κ1) is 16.5. The van der Waals surface area contributed by atoms with E-state index in [-0.39, 0.29) is 29.7 Å². The van der Waals surface area contributed by atoms with E-state index in [1.807, 2.05) is 30.3 Å². The molecule has 0 aliphatic carbocycles. The molecule has 132 valence electrons. The summed E-state index contributed by atoms with van der Waals surface area (Å²) >= 11 is 0. The number of carbonyl (C=O) groups excluding carboxylic acids is 1. The van der Waals surface area contributed by atoms with Gasteiger partial charge >= 0.3 is 0 Å². The summed E-state index contributed by atoms with van der Waals surface area (Å²) < 4.78 is 0. The Hall–Kier alpha value is -2.99. The van der Waals surface area contributed by atoms with Crippen LogP contribution in [0, 0.1) is 5.92 Å². The highest BCUT2D eigenvalue weighted by molar-refractivity contribution is 5.96. The predicted molar refractivity (Wildman–Crippen MR) is 96.7 cm³/mol. The third kappa shape index (κ3) is 2.99. The first-order valence-electron chi connectivity index (χ1n) is 8.56. The number of carbonyl (C=O) groups is 1. The number of rotatable bonds is 3. The van der Waals surface area contributed by atoms with E-state index < -0.39 is 6.10 Å². The molecular formula is C20H19N3O3. The molecule has 3 aromatic rings. The first-order valence-corrected chi connectivity index (χ1v) is 8.56. The molecule has 1 fully saturated rings. The summed E-state index contributed by atoms with van der Waals surface area (Å²) in [6.45, 7) is 0.701. The first-order chi connectivity index (χ1) is 12.6. The van der Waals surface area contributed by atoms with Crippen molar-refractivity contribution in [3.05, 3.63) is 66.1 Å². The molecule has 1 aromatic carbocycles. The number of fused-ring (bicyclic) bond motifs is 1. The Balaban J connectivity index is 1.54. The number of para-hydroxylation sites is 1. The number of pyridine rings is 2. The molecule has 0 spiro atoms. The van der Waals surface area contributed by atoms with Crippen LogP contribution in [0.25, 0.3) is 10.9 Å². The molecule has 0 radical (unpaired) electrons. The fourth-order valence-corrected chi connectivity index (χ4v) is 3.57. The average molecular weight is 349 g/mol. The van der Waals surface area contributed by atoms with Crippen LogP contribution >= 0.6 is 0 Å². The van der Waals surface area contributed by atoms with E-state index in [0.717, 1.165) is 16.5 Å². The Morgan fingerprint density at radius 2 is 2.00 bits per heavy atom. The third-order valence-corrected chi connectivity index (χ3v) is 4.95. The van der Waals surface area contributed by atoms with Gasteiger partial charge in [-0.3, -0.25) is 14.8 Å². The van der Waals surface area contributed by atoms with E-state index in [4.69, 9.17) is 0 Å². The molecule has 1 amide bonds. The second-order valence-electron chi connectivity index (χ2n) is 6.62. The molecule has 1 aliphatic heterocycles. The maximum Gasteiger partial charge on any atom is 0.257 e. The number of hydrogen-bond acceptors (Lipinski definition) is 5. The van der Waals surface area contributed by atoms with Crippen molar-refractivity contribution < 1.29 is 15.0 Å². The number of hydrogen-bond donors (Lipinski definition) is 2. The van der Waals surface area contributed by atoms with Crippen LogP contribution in [0.3, 0.4) is 0 Å². The summed E-state index contributed by atoms with van der Waals surface area (Å²) in [6, 6.07) is 11.4. The minimum Gasteiger partial charge on any atom is -0.505 e. The second-order valence-corrected chi connectivity index (χ2v) is 6.62. The maximum absolute atomic E-state index is 12.6. The smallest absolute Gasteiger partial charge is 0.257 e. The fourth-order valence-electron chi connectivity index (χ4n) is 3.57. The average Bonchev–Trinajstić information content (AvgIpc) is 3.02. The molecule has 0 bridgehead atoms. The minimum absolute atomic E-state index is 0.0614. The van der Waals surface area contributed by atoms with Gasteiger partial charge in [0.1, 0.15) is 5.75 Å². The number of amides is 1. The van der Waals surface area contributed by atoms with Gasteiger partial charge in [0.05, 0.1) is 23.4 Å². The van der Waals surface area contributed by atoms with E-state index >= 15 is 0 Å². The van der Waals surface area contributed by atoms with Crippen molar-refractivity contribution in [3.63, 3.8) is 0 Å². The SMILES string of the molecule is O=C(c1ccncc1O)N1C[C@@H](Cc2ccnc3ccccc23)[C@H](O)C1. The standard InChI is InChI=1S/C20H19N3O3/c24-18-10-21-7-6-16(18)20(26)23-11-14(19(25)12-23)9-13-5-8-22-17-4-2-1-3-15(13)17/h1-8,10,14,19,24-25H,9,11-12H2/t14-,19-/m1/s1. The van der Waals surface area contributed by atoms with Gasteiger partial charge in [0.25, 0.3) is 5.91 Å². The van der Waals surface area contributed by atoms with Crippen LogP contribution in [0.1, 0.15) is 15.9 Å². The van der Waals surface area contributed by atoms with Crippen molar-refractivity contribution in [1.29, 1.82) is 0 Å². The molecule has 2 aromatic heterocycles. The Morgan fingerprint density at radius 3 is 2.85 bits per heavy atom. The number of aliphatic hydroxyl groups is 1. The predicted octanol–water partition coefficient (Wildman–Crippen LogP) is 2.01. The van der Waals surface area contributed by atoms with Gasteiger partial charge in [0.15, 0.2) is 0 Å². The molecule has 2 N–H and O–H groups in total. The van der Waals surface area contributed by atoms with Gasteiger partial charge in [-0.15, -0.1) is 0 Å². The lowest BCUT2D eigenvalue weighted by molar-refractivity contribution is 0.0761. The van der Waals surface area contributed by atoms with Crippen molar-refractivity contribution in [3.8, 4) is 5.75 Å². The summed E-state index contributed by atoms with van der Waals surface area (Å²) in [4.78, 5) is 22.4. The highest BCUT2D eigenvalue weighted by Crippen LogP contribution is 2.27. The Labute approximate surface area is 150 Å². The summed E-state index contributed by atoms with van der Waals surface area (Å²) in [5.74, 6) is -0.490. The Kier molecular flexibility index (Phi) is 4.26. The van der Waals surface area contributed by atoms with Crippen LogP contribution < -0.4 is 0 Å². The molecule has 6 nitrogen and oxygen atoms in total. The van der Waals surface area contributed by atoms with E-state index in [1.165, 1.54) is 18.5 Å². The van der Waals surface area contributed by atoms with Gasteiger partial charge in [-0.05, 0) is 30.2 Å². The van der Waals surface area contributed by atoms with E-state index in [2.05, 4.69) is 9.97 Å². The zero-order valence-corrected chi connectivity index (χ0v) is 14.1. The van der Waals surface area contributed by atoms with Crippen molar-refractivity contribution in [2.24, 2.45) is 5.92 Å². The molecule has 4 rings (SSSR count). The zero-order chi connectivity index (χ0) is 18.1. The van der Waals surface area contributed by atoms with Crippen molar-refractivity contribution in [2.45, 2.75) is 12.5 Å². The maximum atomic E-state index is 12.6. The van der Waals surface area contributed by atoms with Gasteiger partial charge in [-0.2, -0.15) is 0 Å². The molecule has 26 heavy (non-hydrogen) atoms. The lowest BCUT2D eigenvalue weighted by atomic mass is 9.94. The van der Waals surface area contributed by atoms with Crippen LogP contribution in [0.2, 0.25) is 0 Å². The molecule has 2 atom stereocenters. The summed E-state index contributed by atoms with van der Waals surface area (Å²) in [5, 5.41) is 21.4. The molecule has 0 saturated carbocycles. The van der Waals surface area contributed by atoms with Crippen LogP contribution in [-0.4, -0.2) is 50.2 Å². The number of aromatic nitrogens is 2. The topological polar surface area (TPSA) is 86.5 Å². The van der Waals surface area contributed by atoms with Crippen LogP contribution in [0.5, 0.6) is 5.75 Å². The molecule has 3 heterocycles.